The van der Waals surface area contributed by atoms with Gasteiger partial charge in [-0.05, 0) is 34.1 Å². The molecule has 2 aliphatic rings. The van der Waals surface area contributed by atoms with E-state index in [1.807, 2.05) is 0 Å². The minimum Gasteiger partial charge on any atom is -0.466 e. The van der Waals surface area contributed by atoms with Crippen LogP contribution in [0.25, 0.3) is 0 Å². The van der Waals surface area contributed by atoms with Gasteiger partial charge in [0.15, 0.2) is 0 Å². The molecule has 0 aromatic carbocycles. The summed E-state index contributed by atoms with van der Waals surface area (Å²) in [6, 6.07) is -0.348. The Labute approximate surface area is 112 Å². The molecule has 1 aliphatic carbocycles. The third-order valence-corrected chi connectivity index (χ3v) is 3.17. The summed E-state index contributed by atoms with van der Waals surface area (Å²) in [5.41, 5.74) is -0.564. The van der Waals surface area contributed by atoms with Crippen LogP contribution < -0.4 is 5.32 Å². The Morgan fingerprint density at radius 3 is 2.63 bits per heavy atom. The van der Waals surface area contributed by atoms with Gasteiger partial charge in [0.1, 0.15) is 11.7 Å². The predicted octanol–water partition coefficient (Wildman–Crippen LogP) is 1.23. The molecule has 1 N–H and O–H groups in total. The van der Waals surface area contributed by atoms with Crippen molar-refractivity contribution in [2.45, 2.75) is 58.0 Å². The molecule has 1 saturated heterocycles. The Kier molecular flexibility index (Phi) is 3.71. The Hall–Kier alpha value is -1.30. The van der Waals surface area contributed by atoms with Crippen molar-refractivity contribution in [3.8, 4) is 0 Å². The van der Waals surface area contributed by atoms with Crippen LogP contribution >= 0.6 is 0 Å². The summed E-state index contributed by atoms with van der Waals surface area (Å²) < 4.78 is 15.6. The van der Waals surface area contributed by atoms with Gasteiger partial charge in [-0.1, -0.05) is 0 Å². The van der Waals surface area contributed by atoms with E-state index in [0.717, 1.165) is 0 Å². The van der Waals surface area contributed by atoms with E-state index >= 15 is 0 Å². The van der Waals surface area contributed by atoms with Crippen LogP contribution in [0.1, 0.15) is 34.1 Å². The van der Waals surface area contributed by atoms with E-state index in [4.69, 9.17) is 14.2 Å². The highest BCUT2D eigenvalue weighted by Crippen LogP contribution is 2.43. The van der Waals surface area contributed by atoms with Gasteiger partial charge in [-0.25, -0.2) is 4.79 Å². The number of epoxide rings is 1. The molecule has 1 heterocycles. The number of hydrogen-bond donors (Lipinski definition) is 1. The van der Waals surface area contributed by atoms with E-state index in [-0.39, 0.29) is 30.1 Å². The molecule has 0 spiro atoms. The van der Waals surface area contributed by atoms with Crippen molar-refractivity contribution in [1.82, 2.24) is 5.32 Å². The van der Waals surface area contributed by atoms with Gasteiger partial charge in [-0.3, -0.25) is 4.79 Å². The first-order valence-corrected chi connectivity index (χ1v) is 6.63. The predicted molar refractivity (Wildman–Crippen MR) is 66.6 cm³/mol. The molecule has 6 heteroatoms. The maximum Gasteiger partial charge on any atom is 0.407 e. The molecule has 0 unspecified atom stereocenters. The number of amides is 1. The second-order valence-electron chi connectivity index (χ2n) is 5.91. The number of ether oxygens (including phenoxy) is 3. The summed E-state index contributed by atoms with van der Waals surface area (Å²) in [4.78, 5) is 23.6. The summed E-state index contributed by atoms with van der Waals surface area (Å²) in [5, 5.41) is 2.73. The third-order valence-electron chi connectivity index (χ3n) is 3.17. The van der Waals surface area contributed by atoms with Gasteiger partial charge < -0.3 is 19.5 Å². The number of fused-ring (bicyclic) bond motifs is 1. The SMILES string of the molecule is CCOC(=O)[C@@H]1C[C@H]2O[C@H]2[C@@H]1NC(=O)OC(C)(C)C. The molecule has 6 nitrogen and oxygen atoms in total. The standard InChI is InChI=1S/C13H21NO5/c1-5-17-11(15)7-6-8-10(18-8)9(7)14-12(16)19-13(2,3)4/h7-10H,5-6H2,1-4H3,(H,14,16)/t7-,8-,9-,10-/m1/s1. The zero-order chi connectivity index (χ0) is 14.2. The normalized spacial score (nSPS) is 32.4. The molecule has 2 rings (SSSR count). The monoisotopic (exact) mass is 271 g/mol. The first-order valence-electron chi connectivity index (χ1n) is 6.63. The maximum atomic E-state index is 11.8. The molecule has 1 amide bonds. The van der Waals surface area contributed by atoms with Crippen LogP contribution in [0.4, 0.5) is 4.79 Å². The molecule has 0 bridgehead atoms. The average Bonchev–Trinajstić information content (AvgIpc) is 2.93. The minimum atomic E-state index is -0.564. The molecule has 0 aromatic heterocycles. The first-order chi connectivity index (χ1) is 8.81. The first kappa shape index (κ1) is 14.1. The van der Waals surface area contributed by atoms with Gasteiger partial charge in [0, 0.05) is 0 Å². The molecule has 1 aliphatic heterocycles. The lowest BCUT2D eigenvalue weighted by molar-refractivity contribution is -0.149. The van der Waals surface area contributed by atoms with Crippen molar-refractivity contribution in [3.63, 3.8) is 0 Å². The molecular weight excluding hydrogens is 250 g/mol. The summed E-state index contributed by atoms with van der Waals surface area (Å²) in [6.07, 6.45) is 0.0588. The lowest BCUT2D eigenvalue weighted by Gasteiger charge is -2.24. The molecule has 0 aromatic rings. The summed E-state index contributed by atoms with van der Waals surface area (Å²) in [6.45, 7) is 7.48. The molecule has 0 radical (unpaired) electrons. The Balaban J connectivity index is 1.93. The van der Waals surface area contributed by atoms with Crippen LogP contribution in [0.5, 0.6) is 0 Å². The lowest BCUT2D eigenvalue weighted by atomic mass is 10.0. The zero-order valence-corrected chi connectivity index (χ0v) is 11.8. The van der Waals surface area contributed by atoms with Crippen molar-refractivity contribution < 1.29 is 23.8 Å². The number of carbonyl (C=O) groups excluding carboxylic acids is 2. The van der Waals surface area contributed by atoms with E-state index < -0.39 is 11.7 Å². The Morgan fingerprint density at radius 2 is 2.05 bits per heavy atom. The Bertz CT molecular complexity index is 376. The number of carbonyl (C=O) groups is 2. The van der Waals surface area contributed by atoms with Crippen LogP contribution in [0.2, 0.25) is 0 Å². The molecular formula is C13H21NO5. The molecule has 19 heavy (non-hydrogen) atoms. The van der Waals surface area contributed by atoms with Crippen LogP contribution in [0.15, 0.2) is 0 Å². The van der Waals surface area contributed by atoms with Gasteiger partial charge in [0.2, 0.25) is 0 Å². The minimum absolute atomic E-state index is 0.0642. The number of hydrogen-bond acceptors (Lipinski definition) is 5. The van der Waals surface area contributed by atoms with Crippen molar-refractivity contribution in [3.05, 3.63) is 0 Å². The second kappa shape index (κ2) is 5.00. The van der Waals surface area contributed by atoms with Gasteiger partial charge in [0.05, 0.1) is 24.7 Å². The van der Waals surface area contributed by atoms with Gasteiger partial charge in [-0.2, -0.15) is 0 Å². The number of esters is 1. The van der Waals surface area contributed by atoms with E-state index in [0.29, 0.717) is 13.0 Å². The van der Waals surface area contributed by atoms with Crippen molar-refractivity contribution in [1.29, 1.82) is 0 Å². The highest BCUT2D eigenvalue weighted by Gasteiger charge is 2.59. The van der Waals surface area contributed by atoms with Crippen LogP contribution in [0, 0.1) is 5.92 Å². The topological polar surface area (TPSA) is 77.2 Å². The van der Waals surface area contributed by atoms with Crippen molar-refractivity contribution in [2.24, 2.45) is 5.92 Å². The van der Waals surface area contributed by atoms with E-state index in [1.165, 1.54) is 0 Å². The smallest absolute Gasteiger partial charge is 0.407 e. The van der Waals surface area contributed by atoms with E-state index in [9.17, 15) is 9.59 Å². The molecule has 2 fully saturated rings. The summed E-state index contributed by atoms with van der Waals surface area (Å²) in [7, 11) is 0. The molecule has 108 valence electrons. The quantitative estimate of drug-likeness (QED) is 0.617. The number of nitrogens with one attached hydrogen (secondary N) is 1. The molecule has 4 atom stereocenters. The van der Waals surface area contributed by atoms with Crippen LogP contribution in [-0.2, 0) is 19.0 Å². The van der Waals surface area contributed by atoms with Gasteiger partial charge in [0.25, 0.3) is 0 Å². The fraction of sp³-hybridized carbons (Fsp3) is 0.846. The van der Waals surface area contributed by atoms with Crippen molar-refractivity contribution >= 4 is 12.1 Å². The van der Waals surface area contributed by atoms with Crippen LogP contribution in [-0.4, -0.2) is 42.5 Å². The number of rotatable bonds is 3. The lowest BCUT2D eigenvalue weighted by Crippen LogP contribution is -2.46. The maximum absolute atomic E-state index is 11.8. The highest BCUT2D eigenvalue weighted by molar-refractivity contribution is 5.76. The Morgan fingerprint density at radius 1 is 1.37 bits per heavy atom. The van der Waals surface area contributed by atoms with Gasteiger partial charge >= 0.3 is 12.1 Å². The fourth-order valence-corrected chi connectivity index (χ4v) is 2.41. The van der Waals surface area contributed by atoms with Crippen molar-refractivity contribution in [2.75, 3.05) is 6.61 Å². The van der Waals surface area contributed by atoms with Gasteiger partial charge in [-0.15, -0.1) is 0 Å². The fourth-order valence-electron chi connectivity index (χ4n) is 2.41. The average molecular weight is 271 g/mol. The largest absolute Gasteiger partial charge is 0.466 e. The van der Waals surface area contributed by atoms with Crippen LogP contribution in [0.3, 0.4) is 0 Å². The third kappa shape index (κ3) is 3.37. The summed E-state index contributed by atoms with van der Waals surface area (Å²) in [5.74, 6) is -0.615. The second-order valence-corrected chi connectivity index (χ2v) is 5.91. The summed E-state index contributed by atoms with van der Waals surface area (Å²) >= 11 is 0. The van der Waals surface area contributed by atoms with E-state index in [1.54, 1.807) is 27.7 Å². The molecule has 1 saturated carbocycles. The van der Waals surface area contributed by atoms with E-state index in [2.05, 4.69) is 5.32 Å². The highest BCUT2D eigenvalue weighted by atomic mass is 16.6. The number of alkyl carbamates (subject to hydrolysis) is 1. The zero-order valence-electron chi connectivity index (χ0n) is 11.8.